The fraction of sp³-hybridized carbons (Fsp3) is 0.227. The predicted molar refractivity (Wildman–Crippen MR) is 117 cm³/mol. The van der Waals surface area contributed by atoms with Gasteiger partial charge >= 0.3 is 0 Å². The smallest absolute Gasteiger partial charge is 0.168 e. The number of rotatable bonds is 4. The second-order valence-electron chi connectivity index (χ2n) is 7.68. The number of aromatic nitrogens is 7. The van der Waals surface area contributed by atoms with Crippen LogP contribution in [0.5, 0.6) is 0 Å². The van der Waals surface area contributed by atoms with Crippen LogP contribution in [0.25, 0.3) is 33.5 Å². The molecule has 32 heavy (non-hydrogen) atoms. The second kappa shape index (κ2) is 7.65. The van der Waals surface area contributed by atoms with E-state index in [9.17, 15) is 4.39 Å². The van der Waals surface area contributed by atoms with Gasteiger partial charge in [0.1, 0.15) is 5.52 Å². The Balaban J connectivity index is 1.32. The molecule has 5 aromatic heterocycles. The van der Waals surface area contributed by atoms with Gasteiger partial charge < -0.3 is 14.6 Å². The summed E-state index contributed by atoms with van der Waals surface area (Å²) < 4.78 is 21.7. The first-order chi connectivity index (χ1) is 15.8. The number of hydrogen-bond donors (Lipinski definition) is 2. The summed E-state index contributed by atoms with van der Waals surface area (Å²) in [4.78, 5) is 17.7. The fourth-order valence-corrected chi connectivity index (χ4v) is 4.13. The first-order valence-electron chi connectivity index (χ1n) is 10.4. The highest BCUT2D eigenvalue weighted by Crippen LogP contribution is 2.29. The summed E-state index contributed by atoms with van der Waals surface area (Å²) in [5.41, 5.74) is 4.06. The Bertz CT molecular complexity index is 1420. The van der Waals surface area contributed by atoms with Crippen LogP contribution in [0.1, 0.15) is 18.9 Å². The van der Waals surface area contributed by atoms with Gasteiger partial charge in [-0.25, -0.2) is 14.4 Å². The molecule has 0 unspecified atom stereocenters. The Morgan fingerprint density at radius 3 is 2.88 bits per heavy atom. The third-order valence-corrected chi connectivity index (χ3v) is 5.68. The number of H-pyrrole nitrogens is 1. The van der Waals surface area contributed by atoms with Crippen LogP contribution in [0, 0.1) is 5.82 Å². The summed E-state index contributed by atoms with van der Waals surface area (Å²) in [6, 6.07) is 7.67. The minimum atomic E-state index is -0.371. The molecule has 5 aromatic rings. The van der Waals surface area contributed by atoms with Crippen molar-refractivity contribution in [2.45, 2.75) is 18.9 Å². The maximum absolute atomic E-state index is 14.4. The molecule has 0 aliphatic carbocycles. The number of ether oxygens (including phenoxy) is 1. The zero-order valence-electron chi connectivity index (χ0n) is 17.0. The molecule has 9 nitrogen and oxygen atoms in total. The van der Waals surface area contributed by atoms with Crippen LogP contribution >= 0.6 is 0 Å². The van der Waals surface area contributed by atoms with Gasteiger partial charge in [-0.2, -0.15) is 5.10 Å². The van der Waals surface area contributed by atoms with Crippen LogP contribution in [0.3, 0.4) is 0 Å². The normalized spacial score (nSPS) is 14.9. The van der Waals surface area contributed by atoms with Gasteiger partial charge in [0.2, 0.25) is 0 Å². The number of hydrogen-bond acceptors (Lipinski definition) is 7. The number of halogens is 1. The van der Waals surface area contributed by atoms with Crippen molar-refractivity contribution in [1.82, 2.24) is 34.7 Å². The van der Waals surface area contributed by atoms with Crippen molar-refractivity contribution in [3.05, 3.63) is 54.9 Å². The molecule has 6 heterocycles. The van der Waals surface area contributed by atoms with Crippen LogP contribution in [-0.4, -0.2) is 47.9 Å². The van der Waals surface area contributed by atoms with Gasteiger partial charge in [0.05, 0.1) is 22.9 Å². The van der Waals surface area contributed by atoms with Crippen molar-refractivity contribution in [3.63, 3.8) is 0 Å². The molecule has 0 spiro atoms. The summed E-state index contributed by atoms with van der Waals surface area (Å²) in [7, 11) is 0. The van der Waals surface area contributed by atoms with Gasteiger partial charge in [0.25, 0.3) is 0 Å². The first kappa shape index (κ1) is 18.8. The van der Waals surface area contributed by atoms with Crippen molar-refractivity contribution in [2.75, 3.05) is 18.5 Å². The molecule has 0 saturated carbocycles. The van der Waals surface area contributed by atoms with Gasteiger partial charge in [-0.15, -0.1) is 0 Å². The Morgan fingerprint density at radius 1 is 1.06 bits per heavy atom. The summed E-state index contributed by atoms with van der Waals surface area (Å²) in [5.74, 6) is 0.684. The molecule has 0 atom stereocenters. The highest BCUT2D eigenvalue weighted by molar-refractivity contribution is 5.90. The number of aromatic amines is 1. The van der Waals surface area contributed by atoms with E-state index in [1.807, 2.05) is 28.8 Å². The van der Waals surface area contributed by atoms with Crippen molar-refractivity contribution in [2.24, 2.45) is 0 Å². The number of nitrogens with one attached hydrogen (secondary N) is 2. The molecule has 0 amide bonds. The van der Waals surface area contributed by atoms with Gasteiger partial charge in [0, 0.05) is 49.5 Å². The number of fused-ring (bicyclic) bond motifs is 2. The van der Waals surface area contributed by atoms with Crippen LogP contribution < -0.4 is 5.32 Å². The quantitative estimate of drug-likeness (QED) is 0.444. The highest BCUT2D eigenvalue weighted by Gasteiger charge is 2.21. The van der Waals surface area contributed by atoms with E-state index in [0.29, 0.717) is 30.5 Å². The first-order valence-corrected chi connectivity index (χ1v) is 10.4. The minimum Gasteiger partial charge on any atom is -0.381 e. The molecule has 0 radical (unpaired) electrons. The molecule has 0 bridgehead atoms. The molecule has 1 aliphatic heterocycles. The van der Waals surface area contributed by atoms with Crippen molar-refractivity contribution in [3.8, 4) is 11.3 Å². The molecule has 160 valence electrons. The van der Waals surface area contributed by atoms with E-state index in [4.69, 9.17) is 4.74 Å². The largest absolute Gasteiger partial charge is 0.381 e. The molecule has 10 heteroatoms. The zero-order chi connectivity index (χ0) is 21.5. The van der Waals surface area contributed by atoms with Crippen LogP contribution in [0.4, 0.5) is 16.0 Å². The Labute approximate surface area is 181 Å². The van der Waals surface area contributed by atoms with E-state index in [1.165, 1.54) is 12.4 Å². The van der Waals surface area contributed by atoms with Crippen molar-refractivity contribution >= 4 is 33.8 Å². The van der Waals surface area contributed by atoms with Crippen molar-refractivity contribution < 1.29 is 9.13 Å². The van der Waals surface area contributed by atoms with Crippen LogP contribution in [0.2, 0.25) is 0 Å². The standard InChI is InChI=1S/C22H19FN8O/c23-15-12-31(13-4-8-32-9-5-13)22-21(15)26-11-19(28-22)27-18-10-17(29-30-18)14-3-7-24-16-2-1-6-25-20(14)16/h1-3,6-7,10-13H,4-5,8-9H2,(H2,27,28,29,30). The Hall–Kier alpha value is -3.92. The lowest BCUT2D eigenvalue weighted by atomic mass is 10.1. The summed E-state index contributed by atoms with van der Waals surface area (Å²) in [5, 5.41) is 10.5. The number of nitrogens with zero attached hydrogens (tertiary/aromatic N) is 6. The average Bonchev–Trinajstić information content (AvgIpc) is 3.43. The van der Waals surface area contributed by atoms with E-state index >= 15 is 0 Å². The lowest BCUT2D eigenvalue weighted by molar-refractivity contribution is 0.0704. The molecule has 0 aromatic carbocycles. The lowest BCUT2D eigenvalue weighted by Crippen LogP contribution is -2.19. The fourth-order valence-electron chi connectivity index (χ4n) is 4.13. The molecule has 2 N–H and O–H groups in total. The minimum absolute atomic E-state index is 0.143. The molecular formula is C22H19FN8O. The highest BCUT2D eigenvalue weighted by atomic mass is 19.1. The maximum Gasteiger partial charge on any atom is 0.168 e. The van der Waals surface area contributed by atoms with E-state index in [2.05, 4.69) is 35.5 Å². The third-order valence-electron chi connectivity index (χ3n) is 5.68. The molecular weight excluding hydrogens is 411 g/mol. The van der Waals surface area contributed by atoms with Gasteiger partial charge in [-0.3, -0.25) is 15.1 Å². The monoisotopic (exact) mass is 430 g/mol. The van der Waals surface area contributed by atoms with Gasteiger partial charge in [-0.05, 0) is 31.0 Å². The summed E-state index contributed by atoms with van der Waals surface area (Å²) in [6.07, 6.45) is 8.11. The van der Waals surface area contributed by atoms with E-state index in [-0.39, 0.29) is 17.4 Å². The van der Waals surface area contributed by atoms with E-state index in [0.717, 1.165) is 35.1 Å². The number of anilines is 2. The third kappa shape index (κ3) is 3.25. The summed E-state index contributed by atoms with van der Waals surface area (Å²) in [6.45, 7) is 1.32. The van der Waals surface area contributed by atoms with E-state index in [1.54, 1.807) is 12.4 Å². The molecule has 6 rings (SSSR count). The van der Waals surface area contributed by atoms with Gasteiger partial charge in [-0.1, -0.05) is 0 Å². The van der Waals surface area contributed by atoms with Crippen LogP contribution in [-0.2, 0) is 4.74 Å². The second-order valence-corrected chi connectivity index (χ2v) is 7.68. The molecule has 1 saturated heterocycles. The van der Waals surface area contributed by atoms with Gasteiger partial charge in [0.15, 0.2) is 23.1 Å². The van der Waals surface area contributed by atoms with E-state index < -0.39 is 0 Å². The van der Waals surface area contributed by atoms with Crippen LogP contribution in [0.15, 0.2) is 49.1 Å². The zero-order valence-corrected chi connectivity index (χ0v) is 17.0. The Kier molecular flexibility index (Phi) is 4.50. The SMILES string of the molecule is Fc1cn(C2CCOCC2)c2nc(Nc3cc(-c4ccnc5cccnc45)[nH]n3)cnc12. The average molecular weight is 430 g/mol. The Morgan fingerprint density at radius 2 is 1.97 bits per heavy atom. The maximum atomic E-state index is 14.4. The lowest BCUT2D eigenvalue weighted by Gasteiger charge is -2.23. The number of pyridine rings is 2. The molecule has 1 fully saturated rings. The predicted octanol–water partition coefficient (Wildman–Crippen LogP) is 4.00. The topological polar surface area (TPSA) is 106 Å². The molecule has 1 aliphatic rings. The van der Waals surface area contributed by atoms with Crippen molar-refractivity contribution in [1.29, 1.82) is 0 Å². The summed E-state index contributed by atoms with van der Waals surface area (Å²) >= 11 is 0.